The predicted octanol–water partition coefficient (Wildman–Crippen LogP) is 3.78. The number of fused-ring (bicyclic) bond motifs is 3. The Morgan fingerprint density at radius 1 is 1.21 bits per heavy atom. The number of Topliss-reactive ketones (excluding diaryl/α,β-unsaturated/α-hetero) is 1. The third kappa shape index (κ3) is 3.19. The molecule has 0 fully saturated rings. The van der Waals surface area contributed by atoms with E-state index in [1.54, 1.807) is 41.7 Å². The average Bonchev–Trinajstić information content (AvgIpc) is 3.05. The minimum atomic E-state index is -0.378. The Kier molecular flexibility index (Phi) is 4.72. The number of para-hydroxylation sites is 1. The number of carbonyl (C=O) groups excluding carboxylic acids is 2. The first-order valence-electron chi connectivity index (χ1n) is 8.68. The van der Waals surface area contributed by atoms with Crippen LogP contribution in [0.1, 0.15) is 28.0 Å². The van der Waals surface area contributed by atoms with Crippen molar-refractivity contribution in [2.75, 3.05) is 5.32 Å². The van der Waals surface area contributed by atoms with Crippen LogP contribution in [0.5, 0.6) is 0 Å². The molecule has 1 amide bonds. The van der Waals surface area contributed by atoms with Crippen molar-refractivity contribution in [3.05, 3.63) is 65.4 Å². The Labute approximate surface area is 166 Å². The lowest BCUT2D eigenvalue weighted by Crippen LogP contribution is -2.17. The first kappa shape index (κ1) is 18.0. The van der Waals surface area contributed by atoms with Gasteiger partial charge in [0.15, 0.2) is 5.78 Å². The van der Waals surface area contributed by atoms with Crippen LogP contribution in [0.2, 0.25) is 0 Å². The molecule has 0 radical (unpaired) electrons. The van der Waals surface area contributed by atoms with Gasteiger partial charge >= 0.3 is 0 Å². The van der Waals surface area contributed by atoms with Crippen LogP contribution in [0.15, 0.2) is 53.4 Å². The van der Waals surface area contributed by atoms with Gasteiger partial charge in [0.2, 0.25) is 5.91 Å². The molecule has 0 aliphatic carbocycles. The van der Waals surface area contributed by atoms with Crippen LogP contribution < -0.4 is 5.32 Å². The summed E-state index contributed by atoms with van der Waals surface area (Å²) in [5, 5.41) is 16.6. The zero-order valence-electron chi connectivity index (χ0n) is 15.1. The van der Waals surface area contributed by atoms with E-state index in [1.807, 2.05) is 30.3 Å². The number of anilines is 1. The highest BCUT2D eigenvalue weighted by atomic mass is 32.2. The number of thioether (sulfide) groups is 1. The van der Waals surface area contributed by atoms with Crippen LogP contribution in [-0.2, 0) is 17.6 Å². The number of nitrogens with zero attached hydrogens (tertiary/aromatic N) is 3. The molecule has 0 spiro atoms. The van der Waals surface area contributed by atoms with E-state index in [1.165, 1.54) is 0 Å². The highest BCUT2D eigenvalue weighted by Crippen LogP contribution is 2.44. The van der Waals surface area contributed by atoms with Gasteiger partial charge in [0.1, 0.15) is 5.69 Å². The maximum absolute atomic E-state index is 12.8. The summed E-state index contributed by atoms with van der Waals surface area (Å²) in [6, 6.07) is 16.8. The molecule has 2 aromatic carbocycles. The normalized spacial score (nSPS) is 11.9. The van der Waals surface area contributed by atoms with Crippen LogP contribution >= 0.6 is 11.8 Å². The first-order chi connectivity index (χ1) is 13.6. The molecule has 0 bridgehead atoms. The molecule has 1 aliphatic rings. The van der Waals surface area contributed by atoms with Gasteiger partial charge in [-0.25, -0.2) is 0 Å². The highest BCUT2D eigenvalue weighted by molar-refractivity contribution is 7.98. The number of nitriles is 1. The molecule has 28 heavy (non-hydrogen) atoms. The van der Waals surface area contributed by atoms with Gasteiger partial charge in [-0.2, -0.15) is 10.4 Å². The number of aromatic nitrogens is 2. The number of aryl methyl sites for hydroxylation is 1. The maximum Gasteiger partial charge on any atom is 0.232 e. The lowest BCUT2D eigenvalue weighted by Gasteiger charge is -2.18. The van der Waals surface area contributed by atoms with Gasteiger partial charge in [-0.15, -0.1) is 11.8 Å². The molecule has 1 aromatic heterocycles. The van der Waals surface area contributed by atoms with Gasteiger partial charge in [0.25, 0.3) is 0 Å². The average molecular weight is 388 g/mol. The molecule has 1 N–H and O–H groups in total. The van der Waals surface area contributed by atoms with Crippen molar-refractivity contribution in [1.29, 1.82) is 5.26 Å². The van der Waals surface area contributed by atoms with E-state index in [9.17, 15) is 14.9 Å². The van der Waals surface area contributed by atoms with Crippen molar-refractivity contribution in [3.63, 3.8) is 0 Å². The number of ketones is 1. The zero-order valence-corrected chi connectivity index (χ0v) is 15.9. The summed E-state index contributed by atoms with van der Waals surface area (Å²) in [7, 11) is 1.76. The number of carbonyl (C=O) groups is 2. The Bertz CT molecular complexity index is 1130. The van der Waals surface area contributed by atoms with Crippen molar-refractivity contribution < 1.29 is 9.59 Å². The van der Waals surface area contributed by atoms with Gasteiger partial charge in [0.05, 0.1) is 23.7 Å². The van der Waals surface area contributed by atoms with E-state index in [4.69, 9.17) is 0 Å². The molecule has 7 heteroatoms. The lowest BCUT2D eigenvalue weighted by molar-refractivity contribution is -0.115. The fourth-order valence-electron chi connectivity index (χ4n) is 3.34. The minimum Gasteiger partial charge on any atom is -0.326 e. The van der Waals surface area contributed by atoms with Crippen molar-refractivity contribution in [2.24, 2.45) is 7.05 Å². The lowest BCUT2D eigenvalue weighted by atomic mass is 9.99. The maximum atomic E-state index is 12.8. The Hall–Kier alpha value is -3.37. The number of hydrogen-bond donors (Lipinski definition) is 1. The summed E-state index contributed by atoms with van der Waals surface area (Å²) >= 11 is 1.57. The molecule has 6 nitrogen and oxygen atoms in total. The molecule has 2 heterocycles. The third-order valence-corrected chi connectivity index (χ3v) is 5.63. The quantitative estimate of drug-likeness (QED) is 0.543. The number of hydrogen-bond acceptors (Lipinski definition) is 5. The molecule has 3 aromatic rings. The van der Waals surface area contributed by atoms with Crippen molar-refractivity contribution >= 4 is 29.1 Å². The zero-order chi connectivity index (χ0) is 19.7. The molecule has 0 saturated heterocycles. The van der Waals surface area contributed by atoms with Crippen LogP contribution in [0.4, 0.5) is 5.69 Å². The van der Waals surface area contributed by atoms with E-state index in [0.717, 1.165) is 21.7 Å². The first-order valence-corrected chi connectivity index (χ1v) is 9.67. The Morgan fingerprint density at radius 2 is 2.00 bits per heavy atom. The smallest absolute Gasteiger partial charge is 0.232 e. The van der Waals surface area contributed by atoms with Crippen molar-refractivity contribution in [1.82, 2.24) is 9.78 Å². The third-order valence-electron chi connectivity index (χ3n) is 4.54. The molecule has 0 atom stereocenters. The molecule has 4 rings (SSSR count). The van der Waals surface area contributed by atoms with Gasteiger partial charge in [0, 0.05) is 34.5 Å². The van der Waals surface area contributed by atoms with Gasteiger partial charge < -0.3 is 5.32 Å². The van der Waals surface area contributed by atoms with Crippen LogP contribution in [0.25, 0.3) is 11.3 Å². The predicted molar refractivity (Wildman–Crippen MR) is 107 cm³/mol. The topological polar surface area (TPSA) is 87.8 Å². The molecule has 1 aliphatic heterocycles. The van der Waals surface area contributed by atoms with E-state index in [2.05, 4.69) is 16.5 Å². The minimum absolute atomic E-state index is 0.282. The Balaban J connectivity index is 1.63. The monoisotopic (exact) mass is 388 g/mol. The molecule has 0 unspecified atom stereocenters. The number of nitrogens with one attached hydrogen (secondary N) is 1. The summed E-state index contributed by atoms with van der Waals surface area (Å²) in [6.07, 6.45) is -0.282. The molecule has 0 saturated carbocycles. The largest absolute Gasteiger partial charge is 0.326 e. The van der Waals surface area contributed by atoms with Crippen LogP contribution in [0, 0.1) is 11.3 Å². The summed E-state index contributed by atoms with van der Waals surface area (Å²) in [5.41, 5.74) is 3.85. The molecular weight excluding hydrogens is 372 g/mol. The SMILES string of the molecule is Cn1nc(C(=O)CC(=O)Nc2ccccc2)c2c1-c1c(C#N)cccc1SC2. The van der Waals surface area contributed by atoms with E-state index in [-0.39, 0.29) is 18.1 Å². The fraction of sp³-hybridized carbons (Fsp3) is 0.143. The second kappa shape index (κ2) is 7.33. The molecular formula is C21H16N4O2S. The van der Waals surface area contributed by atoms with E-state index < -0.39 is 0 Å². The van der Waals surface area contributed by atoms with Crippen LogP contribution in [-0.4, -0.2) is 21.5 Å². The highest BCUT2D eigenvalue weighted by Gasteiger charge is 2.30. The molecule has 138 valence electrons. The number of rotatable bonds is 4. The van der Waals surface area contributed by atoms with Gasteiger partial charge in [-0.3, -0.25) is 14.3 Å². The van der Waals surface area contributed by atoms with Crippen LogP contribution in [0.3, 0.4) is 0 Å². The summed E-state index contributed by atoms with van der Waals surface area (Å²) in [4.78, 5) is 26.0. The second-order valence-corrected chi connectivity index (χ2v) is 7.41. The fourth-order valence-corrected chi connectivity index (χ4v) is 4.44. The van der Waals surface area contributed by atoms with Crippen molar-refractivity contribution in [2.45, 2.75) is 17.1 Å². The van der Waals surface area contributed by atoms with Gasteiger partial charge in [-0.05, 0) is 24.3 Å². The number of benzene rings is 2. The Morgan fingerprint density at radius 3 is 2.75 bits per heavy atom. The summed E-state index contributed by atoms with van der Waals surface area (Å²) in [6.45, 7) is 0. The standard InChI is InChI=1S/C21H16N4O2S/c1-25-21-15(12-28-17-9-5-6-13(11-22)19(17)21)20(24-25)16(26)10-18(27)23-14-7-3-2-4-8-14/h2-9H,10,12H2,1H3,(H,23,27). The number of amides is 1. The van der Waals surface area contributed by atoms with E-state index in [0.29, 0.717) is 22.7 Å². The van der Waals surface area contributed by atoms with Crippen molar-refractivity contribution in [3.8, 4) is 17.3 Å². The van der Waals surface area contributed by atoms with Gasteiger partial charge in [-0.1, -0.05) is 24.3 Å². The summed E-state index contributed by atoms with van der Waals surface area (Å²) < 4.78 is 1.64. The van der Waals surface area contributed by atoms with E-state index >= 15 is 0 Å². The second-order valence-electron chi connectivity index (χ2n) is 6.39. The summed E-state index contributed by atoms with van der Waals surface area (Å²) in [5.74, 6) is -0.132.